The number of aromatic nitrogens is 1. The molecule has 6 nitrogen and oxygen atoms in total. The van der Waals surface area contributed by atoms with Gasteiger partial charge in [0.15, 0.2) is 0 Å². The van der Waals surface area contributed by atoms with Crippen LogP contribution in [0.5, 0.6) is 11.5 Å². The summed E-state index contributed by atoms with van der Waals surface area (Å²) in [6, 6.07) is 7.32. The van der Waals surface area contributed by atoms with Crippen molar-refractivity contribution in [3.05, 3.63) is 41.3 Å². The molecule has 1 aromatic carbocycles. The van der Waals surface area contributed by atoms with Gasteiger partial charge in [0.25, 0.3) is 0 Å². The van der Waals surface area contributed by atoms with Gasteiger partial charge in [-0.2, -0.15) is 0 Å². The number of carbonyl (C=O) groups is 1. The molecule has 2 rings (SSSR count). The number of methoxy groups -OCH3 is 1. The van der Waals surface area contributed by atoms with E-state index in [1.54, 1.807) is 7.11 Å². The van der Waals surface area contributed by atoms with Crippen molar-refractivity contribution in [2.45, 2.75) is 26.7 Å². The van der Waals surface area contributed by atoms with E-state index in [1.165, 1.54) is 0 Å². The van der Waals surface area contributed by atoms with E-state index in [9.17, 15) is 4.79 Å². The minimum Gasteiger partial charge on any atom is -0.497 e. The van der Waals surface area contributed by atoms with Gasteiger partial charge in [-0.25, -0.2) is 0 Å². The fourth-order valence-corrected chi connectivity index (χ4v) is 2.22. The zero-order valence-electron chi connectivity index (χ0n) is 13.7. The SMILES string of the molecule is COc1ccc(OCCNC(=O)CCc2c(C)noc2C)cc1. The molecule has 1 amide bonds. The first-order chi connectivity index (χ1) is 11.1. The van der Waals surface area contributed by atoms with Crippen LogP contribution in [0.3, 0.4) is 0 Å². The maximum Gasteiger partial charge on any atom is 0.220 e. The maximum absolute atomic E-state index is 11.8. The van der Waals surface area contributed by atoms with Gasteiger partial charge < -0.3 is 19.3 Å². The van der Waals surface area contributed by atoms with E-state index in [4.69, 9.17) is 14.0 Å². The highest BCUT2D eigenvalue weighted by Gasteiger charge is 2.10. The van der Waals surface area contributed by atoms with Gasteiger partial charge >= 0.3 is 0 Å². The van der Waals surface area contributed by atoms with Crippen molar-refractivity contribution >= 4 is 5.91 Å². The Bertz CT molecular complexity index is 615. The Balaban J connectivity index is 1.64. The molecule has 0 saturated carbocycles. The number of nitrogens with one attached hydrogen (secondary N) is 1. The predicted molar refractivity (Wildman–Crippen MR) is 85.8 cm³/mol. The lowest BCUT2D eigenvalue weighted by molar-refractivity contribution is -0.121. The highest BCUT2D eigenvalue weighted by atomic mass is 16.5. The van der Waals surface area contributed by atoms with Crippen molar-refractivity contribution < 1.29 is 18.8 Å². The zero-order valence-corrected chi connectivity index (χ0v) is 13.7. The van der Waals surface area contributed by atoms with Crippen molar-refractivity contribution in [3.8, 4) is 11.5 Å². The topological polar surface area (TPSA) is 73.6 Å². The summed E-state index contributed by atoms with van der Waals surface area (Å²) in [5.41, 5.74) is 1.85. The van der Waals surface area contributed by atoms with Gasteiger partial charge in [0.05, 0.1) is 19.3 Å². The van der Waals surface area contributed by atoms with Crippen LogP contribution < -0.4 is 14.8 Å². The summed E-state index contributed by atoms with van der Waals surface area (Å²) in [6.45, 7) is 4.62. The van der Waals surface area contributed by atoms with Crippen molar-refractivity contribution in [1.29, 1.82) is 0 Å². The van der Waals surface area contributed by atoms with E-state index < -0.39 is 0 Å². The van der Waals surface area contributed by atoms with Crippen LogP contribution in [-0.2, 0) is 11.2 Å². The van der Waals surface area contributed by atoms with E-state index in [-0.39, 0.29) is 5.91 Å². The quantitative estimate of drug-likeness (QED) is 0.757. The number of ether oxygens (including phenoxy) is 2. The lowest BCUT2D eigenvalue weighted by Gasteiger charge is -2.08. The van der Waals surface area contributed by atoms with Gasteiger partial charge in [-0.05, 0) is 44.5 Å². The summed E-state index contributed by atoms with van der Waals surface area (Å²) < 4.78 is 15.7. The minimum absolute atomic E-state index is 0.0108. The summed E-state index contributed by atoms with van der Waals surface area (Å²) in [4.78, 5) is 11.8. The first-order valence-electron chi connectivity index (χ1n) is 7.55. The van der Waals surface area contributed by atoms with E-state index in [2.05, 4.69) is 10.5 Å². The smallest absolute Gasteiger partial charge is 0.220 e. The van der Waals surface area contributed by atoms with Crippen LogP contribution in [0, 0.1) is 13.8 Å². The molecule has 0 unspecified atom stereocenters. The molecular formula is C17H22N2O4. The van der Waals surface area contributed by atoms with E-state index in [1.807, 2.05) is 38.1 Å². The lowest BCUT2D eigenvalue weighted by Crippen LogP contribution is -2.28. The van der Waals surface area contributed by atoms with Crippen molar-refractivity contribution in [2.24, 2.45) is 0 Å². The van der Waals surface area contributed by atoms with Gasteiger partial charge in [0, 0.05) is 12.0 Å². The third-order valence-electron chi connectivity index (χ3n) is 3.54. The third kappa shape index (κ3) is 5.02. The normalized spacial score (nSPS) is 10.4. The molecule has 0 spiro atoms. The number of amides is 1. The molecule has 1 N–H and O–H groups in total. The number of carbonyl (C=O) groups excluding carboxylic acids is 1. The number of benzene rings is 1. The molecule has 1 heterocycles. The molecule has 124 valence electrons. The molecule has 1 aromatic heterocycles. The molecule has 0 aliphatic carbocycles. The van der Waals surface area contributed by atoms with E-state index in [0.717, 1.165) is 28.5 Å². The fraction of sp³-hybridized carbons (Fsp3) is 0.412. The summed E-state index contributed by atoms with van der Waals surface area (Å²) in [6.07, 6.45) is 1.04. The molecule has 0 aliphatic rings. The summed E-state index contributed by atoms with van der Waals surface area (Å²) >= 11 is 0. The Morgan fingerprint density at radius 2 is 1.91 bits per heavy atom. The average Bonchev–Trinajstić information content (AvgIpc) is 2.88. The van der Waals surface area contributed by atoms with Crippen molar-refractivity contribution in [2.75, 3.05) is 20.3 Å². The zero-order chi connectivity index (χ0) is 16.7. The van der Waals surface area contributed by atoms with Crippen LogP contribution in [0.15, 0.2) is 28.8 Å². The number of hydrogen-bond acceptors (Lipinski definition) is 5. The van der Waals surface area contributed by atoms with Gasteiger partial charge in [0.1, 0.15) is 23.9 Å². The van der Waals surface area contributed by atoms with Gasteiger partial charge in [-0.15, -0.1) is 0 Å². The number of nitrogens with zero attached hydrogens (tertiary/aromatic N) is 1. The second-order valence-electron chi connectivity index (χ2n) is 5.18. The van der Waals surface area contributed by atoms with Crippen molar-refractivity contribution in [1.82, 2.24) is 10.5 Å². The van der Waals surface area contributed by atoms with Crippen LogP contribution in [0.25, 0.3) is 0 Å². The van der Waals surface area contributed by atoms with E-state index in [0.29, 0.717) is 26.0 Å². The van der Waals surface area contributed by atoms with Gasteiger partial charge in [-0.3, -0.25) is 4.79 Å². The second kappa shape index (κ2) is 8.22. The largest absolute Gasteiger partial charge is 0.497 e. The maximum atomic E-state index is 11.8. The summed E-state index contributed by atoms with van der Waals surface area (Å²) in [5, 5.41) is 6.72. The Morgan fingerprint density at radius 1 is 1.22 bits per heavy atom. The standard InChI is InChI=1S/C17H22N2O4/c1-12-16(13(2)23-19-12)8-9-17(20)18-10-11-22-15-6-4-14(21-3)5-7-15/h4-7H,8-11H2,1-3H3,(H,18,20). The lowest BCUT2D eigenvalue weighted by atomic mass is 10.1. The molecule has 0 atom stereocenters. The molecular weight excluding hydrogens is 296 g/mol. The molecule has 0 bridgehead atoms. The highest BCUT2D eigenvalue weighted by molar-refractivity contribution is 5.76. The molecule has 2 aromatic rings. The monoisotopic (exact) mass is 318 g/mol. The fourth-order valence-electron chi connectivity index (χ4n) is 2.22. The Morgan fingerprint density at radius 3 is 2.52 bits per heavy atom. The molecule has 0 fully saturated rings. The van der Waals surface area contributed by atoms with Crippen LogP contribution in [0.2, 0.25) is 0 Å². The molecule has 6 heteroatoms. The molecule has 0 saturated heterocycles. The number of hydrogen-bond donors (Lipinski definition) is 1. The summed E-state index contributed by atoms with van der Waals surface area (Å²) in [5.74, 6) is 2.29. The van der Waals surface area contributed by atoms with Crippen molar-refractivity contribution in [3.63, 3.8) is 0 Å². The van der Waals surface area contributed by atoms with Gasteiger partial charge in [0.2, 0.25) is 5.91 Å². The molecule has 23 heavy (non-hydrogen) atoms. The van der Waals surface area contributed by atoms with Crippen LogP contribution in [-0.4, -0.2) is 31.3 Å². The van der Waals surface area contributed by atoms with Crippen LogP contribution >= 0.6 is 0 Å². The average molecular weight is 318 g/mol. The Hall–Kier alpha value is -2.50. The first kappa shape index (κ1) is 16.9. The van der Waals surface area contributed by atoms with E-state index >= 15 is 0 Å². The van der Waals surface area contributed by atoms with Crippen LogP contribution in [0.1, 0.15) is 23.4 Å². The predicted octanol–water partition coefficient (Wildman–Crippen LogP) is 2.43. The molecule has 0 aliphatic heterocycles. The molecule has 0 radical (unpaired) electrons. The highest BCUT2D eigenvalue weighted by Crippen LogP contribution is 2.16. The first-order valence-corrected chi connectivity index (χ1v) is 7.55. The van der Waals surface area contributed by atoms with Crippen LogP contribution in [0.4, 0.5) is 0 Å². The minimum atomic E-state index is -0.0108. The number of aryl methyl sites for hydroxylation is 2. The third-order valence-corrected chi connectivity index (χ3v) is 3.54. The Labute approximate surface area is 135 Å². The Kier molecular flexibility index (Phi) is 6.02. The number of rotatable bonds is 8. The summed E-state index contributed by atoms with van der Waals surface area (Å²) in [7, 11) is 1.62. The van der Waals surface area contributed by atoms with Gasteiger partial charge in [-0.1, -0.05) is 5.16 Å². The second-order valence-corrected chi connectivity index (χ2v) is 5.18.